The van der Waals surface area contributed by atoms with Crippen LogP contribution in [0.5, 0.6) is 0 Å². The van der Waals surface area contributed by atoms with E-state index in [0.717, 1.165) is 29.5 Å². The van der Waals surface area contributed by atoms with Crippen LogP contribution in [0.2, 0.25) is 0 Å². The molecule has 4 atom stereocenters. The van der Waals surface area contributed by atoms with E-state index in [2.05, 4.69) is 17.6 Å². The fourth-order valence-electron chi connectivity index (χ4n) is 5.27. The maximum absolute atomic E-state index is 14.7. The number of aryl methyl sites for hydroxylation is 2. The van der Waals surface area contributed by atoms with Crippen LogP contribution in [0.3, 0.4) is 0 Å². The van der Waals surface area contributed by atoms with Gasteiger partial charge in [0.05, 0.1) is 0 Å². The van der Waals surface area contributed by atoms with Gasteiger partial charge >= 0.3 is 12.1 Å². The molecular formula is C39H59N3O6. The van der Waals surface area contributed by atoms with Crippen LogP contribution >= 0.6 is 0 Å². The number of unbranched alkanes of at least 4 members (excludes halogenated alkanes) is 2. The van der Waals surface area contributed by atoms with Crippen LogP contribution in [-0.4, -0.2) is 58.6 Å². The molecule has 3 amide bonds. The van der Waals surface area contributed by atoms with Gasteiger partial charge in [0, 0.05) is 13.0 Å². The molecule has 0 bridgehead atoms. The van der Waals surface area contributed by atoms with E-state index in [1.807, 2.05) is 76.2 Å². The molecule has 2 aromatic carbocycles. The molecule has 2 N–H and O–H groups in total. The number of hydrogen-bond donors (Lipinski definition) is 2. The monoisotopic (exact) mass is 665 g/mol. The number of carbonyl (C=O) groups excluding carboxylic acids is 4. The highest BCUT2D eigenvalue weighted by molar-refractivity contribution is 5.94. The molecule has 0 spiro atoms. The van der Waals surface area contributed by atoms with Gasteiger partial charge < -0.3 is 25.0 Å². The third kappa shape index (κ3) is 13.0. The predicted molar refractivity (Wildman–Crippen MR) is 190 cm³/mol. The van der Waals surface area contributed by atoms with Crippen molar-refractivity contribution in [1.29, 1.82) is 0 Å². The Bertz CT molecular complexity index is 1360. The zero-order chi connectivity index (χ0) is 36.2. The van der Waals surface area contributed by atoms with Crippen molar-refractivity contribution < 1.29 is 28.7 Å². The Kier molecular flexibility index (Phi) is 15.1. The van der Waals surface area contributed by atoms with Gasteiger partial charge in [-0.2, -0.15) is 0 Å². The lowest BCUT2D eigenvalue weighted by Crippen LogP contribution is -2.56. The van der Waals surface area contributed by atoms with Crippen molar-refractivity contribution in [3.8, 4) is 0 Å². The van der Waals surface area contributed by atoms with Gasteiger partial charge in [0.1, 0.15) is 29.3 Å². The maximum atomic E-state index is 14.7. The molecule has 0 fully saturated rings. The minimum Gasteiger partial charge on any atom is -0.458 e. The summed E-state index contributed by atoms with van der Waals surface area (Å²) >= 11 is 0. The molecule has 0 radical (unpaired) electrons. The highest BCUT2D eigenvalue weighted by Crippen LogP contribution is 2.28. The van der Waals surface area contributed by atoms with Crippen LogP contribution in [0.25, 0.3) is 0 Å². The first-order valence-corrected chi connectivity index (χ1v) is 17.3. The van der Waals surface area contributed by atoms with Crippen molar-refractivity contribution >= 4 is 23.9 Å². The molecule has 9 heteroatoms. The zero-order valence-corrected chi connectivity index (χ0v) is 31.1. The lowest BCUT2D eigenvalue weighted by Gasteiger charge is -2.37. The molecule has 48 heavy (non-hydrogen) atoms. The second kappa shape index (κ2) is 18.0. The van der Waals surface area contributed by atoms with Gasteiger partial charge in [-0.1, -0.05) is 88.6 Å². The molecule has 2 rings (SSSR count). The topological polar surface area (TPSA) is 114 Å². The number of nitrogens with zero attached hydrogens (tertiary/aromatic N) is 1. The van der Waals surface area contributed by atoms with E-state index >= 15 is 0 Å². The van der Waals surface area contributed by atoms with E-state index in [0.29, 0.717) is 18.4 Å². The first kappa shape index (κ1) is 40.3. The fraction of sp³-hybridized carbons (Fsp3) is 0.590. The Labute approximate surface area is 288 Å². The van der Waals surface area contributed by atoms with Crippen LogP contribution in [0, 0.1) is 19.8 Å². The summed E-state index contributed by atoms with van der Waals surface area (Å²) in [5.41, 5.74) is 1.94. The summed E-state index contributed by atoms with van der Waals surface area (Å²) in [5.74, 6) is -1.71. The van der Waals surface area contributed by atoms with E-state index in [4.69, 9.17) is 9.47 Å². The molecule has 0 saturated carbocycles. The summed E-state index contributed by atoms with van der Waals surface area (Å²) in [5, 5.41) is 5.80. The van der Waals surface area contributed by atoms with E-state index in [1.54, 1.807) is 46.4 Å². The molecule has 4 unspecified atom stereocenters. The lowest BCUT2D eigenvalue weighted by molar-refractivity contribution is -0.159. The molecule has 9 nitrogen and oxygen atoms in total. The smallest absolute Gasteiger partial charge is 0.408 e. The Morgan fingerprint density at radius 3 is 1.98 bits per heavy atom. The number of carbonyl (C=O) groups is 4. The van der Waals surface area contributed by atoms with E-state index in [1.165, 1.54) is 0 Å². The van der Waals surface area contributed by atoms with Gasteiger partial charge in [-0.25, -0.2) is 9.59 Å². The minimum absolute atomic E-state index is 0.209. The summed E-state index contributed by atoms with van der Waals surface area (Å²) in [6, 6.07) is 12.1. The number of nitrogens with one attached hydrogen (secondary N) is 2. The summed E-state index contributed by atoms with van der Waals surface area (Å²) in [4.78, 5) is 57.5. The summed E-state index contributed by atoms with van der Waals surface area (Å²) in [6.07, 6.45) is 2.51. The first-order valence-electron chi connectivity index (χ1n) is 17.3. The van der Waals surface area contributed by atoms with Crippen molar-refractivity contribution in [3.63, 3.8) is 0 Å². The van der Waals surface area contributed by atoms with E-state index in [9.17, 15) is 19.2 Å². The van der Waals surface area contributed by atoms with Crippen LogP contribution in [0.15, 0.2) is 48.5 Å². The Morgan fingerprint density at radius 1 is 0.812 bits per heavy atom. The molecule has 0 aliphatic carbocycles. The average Bonchev–Trinajstić information content (AvgIpc) is 2.98. The lowest BCUT2D eigenvalue weighted by atomic mass is 9.94. The van der Waals surface area contributed by atoms with Crippen LogP contribution in [0.4, 0.5) is 4.79 Å². The Hall–Kier alpha value is -3.88. The third-order valence-corrected chi connectivity index (χ3v) is 8.13. The van der Waals surface area contributed by atoms with Crippen molar-refractivity contribution in [1.82, 2.24) is 15.5 Å². The Balaban J connectivity index is 2.68. The summed E-state index contributed by atoms with van der Waals surface area (Å²) in [6.45, 7) is 20.8. The number of ether oxygens (including phenoxy) is 2. The molecular weight excluding hydrogens is 606 g/mol. The minimum atomic E-state index is -1.08. The SMILES string of the molecule is CCCCCN(C(=O)C(NC(=O)OC(C)(C)C)C(C)CC)C(C(=O)NC(Cc1ccccc1)C(=O)OC(C)(C)C)c1ccc(C)c(C)c1. The second-order valence-corrected chi connectivity index (χ2v) is 14.8. The molecule has 0 heterocycles. The quantitative estimate of drug-likeness (QED) is 0.152. The van der Waals surface area contributed by atoms with Crippen molar-refractivity contribution in [3.05, 3.63) is 70.8 Å². The molecule has 266 valence electrons. The molecule has 0 aromatic heterocycles. The van der Waals surface area contributed by atoms with Gasteiger partial charge in [0.2, 0.25) is 11.8 Å². The Morgan fingerprint density at radius 2 is 1.44 bits per heavy atom. The second-order valence-electron chi connectivity index (χ2n) is 14.8. The van der Waals surface area contributed by atoms with Crippen molar-refractivity contribution in [2.24, 2.45) is 5.92 Å². The number of benzene rings is 2. The van der Waals surface area contributed by atoms with Gasteiger partial charge in [-0.15, -0.1) is 0 Å². The van der Waals surface area contributed by atoms with Crippen LogP contribution in [-0.2, 0) is 30.3 Å². The van der Waals surface area contributed by atoms with Crippen LogP contribution < -0.4 is 10.6 Å². The third-order valence-electron chi connectivity index (χ3n) is 8.13. The predicted octanol–water partition coefficient (Wildman–Crippen LogP) is 7.37. The van der Waals surface area contributed by atoms with Gasteiger partial charge in [-0.3, -0.25) is 9.59 Å². The number of amides is 3. The van der Waals surface area contributed by atoms with Gasteiger partial charge in [0.25, 0.3) is 0 Å². The number of rotatable bonds is 15. The number of alkyl carbamates (subject to hydrolysis) is 1. The highest BCUT2D eigenvalue weighted by Gasteiger charge is 2.39. The van der Waals surface area contributed by atoms with E-state index in [-0.39, 0.29) is 24.8 Å². The van der Waals surface area contributed by atoms with Gasteiger partial charge in [0.15, 0.2) is 0 Å². The van der Waals surface area contributed by atoms with Crippen LogP contribution in [0.1, 0.15) is 116 Å². The molecule has 0 aliphatic heterocycles. The van der Waals surface area contributed by atoms with Gasteiger partial charge in [-0.05, 0) is 90.0 Å². The summed E-state index contributed by atoms with van der Waals surface area (Å²) in [7, 11) is 0. The molecule has 0 saturated heterocycles. The average molecular weight is 666 g/mol. The molecule has 0 aliphatic rings. The van der Waals surface area contributed by atoms with Crippen molar-refractivity contribution in [2.75, 3.05) is 6.54 Å². The normalized spacial score (nSPS) is 14.2. The number of esters is 1. The molecule has 2 aromatic rings. The number of hydrogen-bond acceptors (Lipinski definition) is 6. The summed E-state index contributed by atoms with van der Waals surface area (Å²) < 4.78 is 11.3. The fourth-order valence-corrected chi connectivity index (χ4v) is 5.27. The van der Waals surface area contributed by atoms with E-state index < -0.39 is 47.3 Å². The zero-order valence-electron chi connectivity index (χ0n) is 31.1. The standard InChI is InChI=1S/C39H59N3O6/c1-12-14-18-23-42(35(44)32(26(3)13-2)41-37(46)48-39(9,10)11)33(30-22-21-27(4)28(5)24-30)34(43)40-31(36(45)47-38(6,7)8)25-29-19-16-15-17-20-29/h15-17,19-22,24,26,31-33H,12-14,18,23,25H2,1-11H3,(H,40,43)(H,41,46). The first-order chi connectivity index (χ1) is 22.4. The maximum Gasteiger partial charge on any atom is 0.408 e. The highest BCUT2D eigenvalue weighted by atomic mass is 16.6. The largest absolute Gasteiger partial charge is 0.458 e. The van der Waals surface area contributed by atoms with Crippen molar-refractivity contribution in [2.45, 2.75) is 138 Å².